The van der Waals surface area contributed by atoms with Crippen LogP contribution in [0.1, 0.15) is 72.3 Å². The van der Waals surface area contributed by atoms with Crippen LogP contribution < -0.4 is 11.2 Å². The fraction of sp³-hybridized carbons (Fsp3) is 0.429. The number of H-pyrrole nitrogens is 1. The largest absolute Gasteiger partial charge is 0.328 e. The number of carbonyl (C=O) groups excluding carboxylic acids is 1. The first-order valence-electron chi connectivity index (χ1n) is 9.09. The Hall–Kier alpha value is -2.94. The first-order chi connectivity index (χ1) is 12.6. The lowest BCUT2D eigenvalue weighted by Gasteiger charge is -2.20. The SMILES string of the molecule is Cc1cc(C#N)cc(C(=O)c2c(C(C)C)c(=O)[nH]c(=O)n2CC2(C)CC2)c1. The maximum atomic E-state index is 13.4. The fourth-order valence-corrected chi connectivity index (χ4v) is 3.39. The molecule has 0 atom stereocenters. The van der Waals surface area contributed by atoms with Crippen LogP contribution in [0.4, 0.5) is 0 Å². The van der Waals surface area contributed by atoms with Gasteiger partial charge in [-0.15, -0.1) is 0 Å². The van der Waals surface area contributed by atoms with Crippen LogP contribution in [0.25, 0.3) is 0 Å². The highest BCUT2D eigenvalue weighted by atomic mass is 16.2. The molecule has 1 aliphatic carbocycles. The van der Waals surface area contributed by atoms with E-state index in [1.165, 1.54) is 10.6 Å². The van der Waals surface area contributed by atoms with E-state index in [0.29, 0.717) is 23.2 Å². The van der Waals surface area contributed by atoms with Crippen LogP contribution in [0.2, 0.25) is 0 Å². The molecule has 0 saturated heterocycles. The van der Waals surface area contributed by atoms with Crippen LogP contribution in [0.15, 0.2) is 27.8 Å². The first kappa shape index (κ1) is 18.8. The van der Waals surface area contributed by atoms with Crippen molar-refractivity contribution in [3.05, 3.63) is 67.0 Å². The van der Waals surface area contributed by atoms with Crippen LogP contribution in [-0.2, 0) is 6.54 Å². The second-order valence-electron chi connectivity index (χ2n) is 8.10. The summed E-state index contributed by atoms with van der Waals surface area (Å²) in [5.41, 5.74) is 0.792. The second kappa shape index (κ2) is 6.66. The highest BCUT2D eigenvalue weighted by Crippen LogP contribution is 2.46. The van der Waals surface area contributed by atoms with Crippen molar-refractivity contribution in [2.45, 2.75) is 53.0 Å². The molecule has 1 saturated carbocycles. The van der Waals surface area contributed by atoms with E-state index in [1.807, 2.05) is 19.9 Å². The molecule has 1 aromatic carbocycles. The van der Waals surface area contributed by atoms with E-state index >= 15 is 0 Å². The normalized spacial score (nSPS) is 14.8. The molecule has 1 fully saturated rings. The van der Waals surface area contributed by atoms with Gasteiger partial charge in [0.1, 0.15) is 5.69 Å². The van der Waals surface area contributed by atoms with Crippen molar-refractivity contribution in [2.75, 3.05) is 0 Å². The van der Waals surface area contributed by atoms with Crippen molar-refractivity contribution in [3.8, 4) is 6.07 Å². The molecule has 6 nitrogen and oxygen atoms in total. The van der Waals surface area contributed by atoms with Gasteiger partial charge in [-0.1, -0.05) is 20.8 Å². The van der Waals surface area contributed by atoms with Crippen molar-refractivity contribution >= 4 is 5.78 Å². The van der Waals surface area contributed by atoms with Crippen molar-refractivity contribution in [1.82, 2.24) is 9.55 Å². The molecule has 2 aromatic rings. The summed E-state index contributed by atoms with van der Waals surface area (Å²) < 4.78 is 1.42. The molecular formula is C21H23N3O3. The molecule has 0 aliphatic heterocycles. The molecule has 1 heterocycles. The fourth-order valence-electron chi connectivity index (χ4n) is 3.39. The molecule has 0 spiro atoms. The molecule has 1 aromatic heterocycles. The average Bonchev–Trinajstić information content (AvgIpc) is 3.32. The average molecular weight is 365 g/mol. The summed E-state index contributed by atoms with van der Waals surface area (Å²) in [7, 11) is 0. The highest BCUT2D eigenvalue weighted by molar-refractivity contribution is 6.09. The zero-order valence-electron chi connectivity index (χ0n) is 16.0. The lowest BCUT2D eigenvalue weighted by molar-refractivity contribution is 0.102. The Morgan fingerprint density at radius 2 is 1.96 bits per heavy atom. The summed E-state index contributed by atoms with van der Waals surface area (Å²) >= 11 is 0. The molecule has 1 aliphatic rings. The van der Waals surface area contributed by atoms with Gasteiger partial charge in [-0.2, -0.15) is 5.26 Å². The van der Waals surface area contributed by atoms with Gasteiger partial charge in [0, 0.05) is 17.7 Å². The lowest BCUT2D eigenvalue weighted by atomic mass is 9.95. The minimum absolute atomic E-state index is 0.0320. The Morgan fingerprint density at radius 1 is 1.30 bits per heavy atom. The number of aryl methyl sites for hydroxylation is 1. The molecule has 3 rings (SSSR count). The zero-order valence-corrected chi connectivity index (χ0v) is 16.0. The van der Waals surface area contributed by atoms with Gasteiger partial charge in [-0.05, 0) is 54.9 Å². The van der Waals surface area contributed by atoms with Crippen LogP contribution in [0, 0.1) is 23.7 Å². The van der Waals surface area contributed by atoms with Crippen LogP contribution >= 0.6 is 0 Å². The maximum absolute atomic E-state index is 13.4. The summed E-state index contributed by atoms with van der Waals surface area (Å²) in [5, 5.41) is 9.21. The van der Waals surface area contributed by atoms with Gasteiger partial charge >= 0.3 is 5.69 Å². The number of hydrogen-bond acceptors (Lipinski definition) is 4. The summed E-state index contributed by atoms with van der Waals surface area (Å²) in [6.07, 6.45) is 1.96. The topological polar surface area (TPSA) is 95.7 Å². The van der Waals surface area contributed by atoms with Gasteiger partial charge in [0.15, 0.2) is 0 Å². The summed E-state index contributed by atoms with van der Waals surface area (Å²) in [6, 6.07) is 6.93. The molecule has 27 heavy (non-hydrogen) atoms. The monoisotopic (exact) mass is 365 g/mol. The zero-order chi connectivity index (χ0) is 19.9. The minimum Gasteiger partial charge on any atom is -0.289 e. The maximum Gasteiger partial charge on any atom is 0.328 e. The number of benzene rings is 1. The Kier molecular flexibility index (Phi) is 4.64. The summed E-state index contributed by atoms with van der Waals surface area (Å²) in [5.74, 6) is -0.627. The Bertz CT molecular complexity index is 1080. The number of nitrogens with one attached hydrogen (secondary N) is 1. The van der Waals surface area contributed by atoms with E-state index in [2.05, 4.69) is 11.9 Å². The first-order valence-corrected chi connectivity index (χ1v) is 9.09. The third kappa shape index (κ3) is 3.63. The van der Waals surface area contributed by atoms with Gasteiger partial charge in [0.2, 0.25) is 5.78 Å². The van der Waals surface area contributed by atoms with E-state index in [-0.39, 0.29) is 17.0 Å². The van der Waals surface area contributed by atoms with Crippen LogP contribution in [0.3, 0.4) is 0 Å². The minimum atomic E-state index is -0.561. The van der Waals surface area contributed by atoms with Crippen molar-refractivity contribution in [1.29, 1.82) is 5.26 Å². The number of nitriles is 1. The van der Waals surface area contributed by atoms with Crippen LogP contribution in [-0.4, -0.2) is 15.3 Å². The Labute approximate surface area is 157 Å². The van der Waals surface area contributed by atoms with E-state index in [9.17, 15) is 19.6 Å². The second-order valence-corrected chi connectivity index (χ2v) is 8.10. The molecule has 0 radical (unpaired) electrons. The van der Waals surface area contributed by atoms with Crippen molar-refractivity contribution in [2.24, 2.45) is 5.41 Å². The molecule has 140 valence electrons. The Morgan fingerprint density at radius 3 is 2.52 bits per heavy atom. The number of aromatic amines is 1. The van der Waals surface area contributed by atoms with Gasteiger partial charge in [0.05, 0.1) is 11.6 Å². The smallest absolute Gasteiger partial charge is 0.289 e. The van der Waals surface area contributed by atoms with Crippen LogP contribution in [0.5, 0.6) is 0 Å². The number of carbonyl (C=O) groups is 1. The van der Waals surface area contributed by atoms with E-state index in [1.54, 1.807) is 19.1 Å². The predicted octanol–water partition coefficient (Wildman–Crippen LogP) is 2.87. The summed E-state index contributed by atoms with van der Waals surface area (Å²) in [6.45, 7) is 7.91. The van der Waals surface area contributed by atoms with Gasteiger partial charge in [-0.25, -0.2) is 4.79 Å². The van der Waals surface area contributed by atoms with Crippen molar-refractivity contribution in [3.63, 3.8) is 0 Å². The molecule has 0 unspecified atom stereocenters. The molecular weight excluding hydrogens is 342 g/mol. The Balaban J connectivity index is 2.28. The van der Waals surface area contributed by atoms with E-state index < -0.39 is 17.0 Å². The molecule has 0 bridgehead atoms. The molecule has 1 N–H and O–H groups in total. The lowest BCUT2D eigenvalue weighted by Crippen LogP contribution is -2.39. The third-order valence-corrected chi connectivity index (χ3v) is 5.14. The molecule has 0 amide bonds. The number of nitrogens with zero attached hydrogens (tertiary/aromatic N) is 2. The van der Waals surface area contributed by atoms with Crippen molar-refractivity contribution < 1.29 is 4.79 Å². The highest BCUT2D eigenvalue weighted by Gasteiger charge is 2.39. The number of aromatic nitrogens is 2. The third-order valence-electron chi connectivity index (χ3n) is 5.14. The number of rotatable bonds is 5. The van der Waals surface area contributed by atoms with Gasteiger partial charge in [0.25, 0.3) is 5.56 Å². The van der Waals surface area contributed by atoms with Gasteiger partial charge in [-0.3, -0.25) is 19.1 Å². The number of ketones is 1. The quantitative estimate of drug-likeness (QED) is 0.824. The van der Waals surface area contributed by atoms with E-state index in [0.717, 1.165) is 18.4 Å². The predicted molar refractivity (Wildman–Crippen MR) is 102 cm³/mol. The van der Waals surface area contributed by atoms with E-state index in [4.69, 9.17) is 0 Å². The van der Waals surface area contributed by atoms with Gasteiger partial charge < -0.3 is 0 Å². The summed E-state index contributed by atoms with van der Waals surface area (Å²) in [4.78, 5) is 40.8. The standard InChI is InChI=1S/C21H23N3O3/c1-12(2)16-17(18(25)15-8-13(3)7-14(9-15)10-22)24(11-21(4)5-6-21)20(27)23-19(16)26/h7-9,12H,5-6,11H2,1-4H3,(H,23,26,27). The number of hydrogen-bond donors (Lipinski definition) is 1. The molecule has 6 heteroatoms.